The second-order valence-electron chi connectivity index (χ2n) is 3.79. The number of methoxy groups -OCH3 is 1. The van der Waals surface area contributed by atoms with Gasteiger partial charge in [-0.05, 0) is 30.5 Å². The van der Waals surface area contributed by atoms with Gasteiger partial charge in [-0.2, -0.15) is 0 Å². The van der Waals surface area contributed by atoms with E-state index in [1.54, 1.807) is 31.1 Å². The van der Waals surface area contributed by atoms with E-state index in [2.05, 4.69) is 4.98 Å². The van der Waals surface area contributed by atoms with Crippen LogP contribution in [0.1, 0.15) is 10.4 Å². The lowest BCUT2D eigenvalue weighted by molar-refractivity contribution is 0.0697. The molecule has 1 aromatic carbocycles. The molecule has 0 saturated carbocycles. The Morgan fingerprint density at radius 2 is 2.11 bits per heavy atom. The summed E-state index contributed by atoms with van der Waals surface area (Å²) in [7, 11) is 1.57. The molecule has 0 aliphatic carbocycles. The molecule has 0 fully saturated rings. The van der Waals surface area contributed by atoms with Gasteiger partial charge in [0.05, 0.1) is 12.7 Å². The van der Waals surface area contributed by atoms with Gasteiger partial charge in [0.15, 0.2) is 0 Å². The summed E-state index contributed by atoms with van der Waals surface area (Å²) in [5, 5.41) is 9.23. The Bertz CT molecular complexity index is 613. The molecule has 19 heavy (non-hydrogen) atoms. The number of aromatic carboxylic acids is 1. The molecule has 0 radical (unpaired) electrons. The van der Waals surface area contributed by atoms with Gasteiger partial charge in [-0.1, -0.05) is 0 Å². The maximum absolute atomic E-state index is 11.3. The van der Waals surface area contributed by atoms with E-state index >= 15 is 0 Å². The quantitative estimate of drug-likeness (QED) is 0.868. The molecule has 2 aromatic rings. The first-order valence-corrected chi connectivity index (χ1v) is 6.79. The fourth-order valence-electron chi connectivity index (χ4n) is 1.82. The minimum Gasteiger partial charge on any atom is -0.496 e. The fourth-order valence-corrected chi connectivity index (χ4v) is 2.26. The van der Waals surface area contributed by atoms with Crippen LogP contribution < -0.4 is 4.74 Å². The van der Waals surface area contributed by atoms with E-state index in [0.717, 1.165) is 10.5 Å². The smallest absolute Gasteiger partial charge is 0.337 e. The lowest BCUT2D eigenvalue weighted by atomic mass is 10.0. The second kappa shape index (κ2) is 5.75. The zero-order valence-electron chi connectivity index (χ0n) is 10.6. The van der Waals surface area contributed by atoms with E-state index in [1.807, 2.05) is 24.5 Å². The Hall–Kier alpha value is -2.01. The normalized spacial score (nSPS) is 10.2. The number of carboxylic acids is 1. The number of hydrogen-bond acceptors (Lipinski definition) is 4. The Morgan fingerprint density at radius 1 is 1.32 bits per heavy atom. The average Bonchev–Trinajstić information content (AvgIpc) is 2.46. The SMILES string of the molecule is COc1ccc(SC)cc1-c1ccncc1C(=O)O. The van der Waals surface area contributed by atoms with Crippen LogP contribution in [0, 0.1) is 0 Å². The summed E-state index contributed by atoms with van der Waals surface area (Å²) in [6, 6.07) is 7.39. The van der Waals surface area contributed by atoms with Crippen LogP contribution in [0.3, 0.4) is 0 Å². The molecule has 0 bridgehead atoms. The predicted octanol–water partition coefficient (Wildman–Crippen LogP) is 3.18. The summed E-state index contributed by atoms with van der Waals surface area (Å²) in [5.41, 5.74) is 1.53. The van der Waals surface area contributed by atoms with Crippen molar-refractivity contribution >= 4 is 17.7 Å². The van der Waals surface area contributed by atoms with Gasteiger partial charge in [0, 0.05) is 28.4 Å². The highest BCUT2D eigenvalue weighted by atomic mass is 32.2. The summed E-state index contributed by atoms with van der Waals surface area (Å²) < 4.78 is 5.31. The van der Waals surface area contributed by atoms with E-state index < -0.39 is 5.97 Å². The molecule has 98 valence electrons. The molecular weight excluding hydrogens is 262 g/mol. The standard InChI is InChI=1S/C14H13NO3S/c1-18-13-4-3-9(19-2)7-11(13)10-5-6-15-8-12(10)14(16)17/h3-8H,1-2H3,(H,16,17). The molecule has 0 spiro atoms. The van der Waals surface area contributed by atoms with Gasteiger partial charge in [-0.15, -0.1) is 11.8 Å². The first-order valence-electron chi connectivity index (χ1n) is 5.57. The number of carbonyl (C=O) groups is 1. The van der Waals surface area contributed by atoms with E-state index in [-0.39, 0.29) is 5.56 Å². The zero-order chi connectivity index (χ0) is 13.8. The highest BCUT2D eigenvalue weighted by Crippen LogP contribution is 2.34. The lowest BCUT2D eigenvalue weighted by Gasteiger charge is -2.12. The molecule has 0 saturated heterocycles. The van der Waals surface area contributed by atoms with Crippen LogP contribution in [0.4, 0.5) is 0 Å². The third kappa shape index (κ3) is 2.71. The van der Waals surface area contributed by atoms with Crippen molar-refractivity contribution in [3.8, 4) is 16.9 Å². The van der Waals surface area contributed by atoms with Gasteiger partial charge in [0.1, 0.15) is 5.75 Å². The largest absolute Gasteiger partial charge is 0.496 e. The second-order valence-corrected chi connectivity index (χ2v) is 4.67. The molecule has 0 aliphatic rings. The molecule has 0 aliphatic heterocycles. The van der Waals surface area contributed by atoms with E-state index in [0.29, 0.717) is 11.3 Å². The molecule has 0 amide bonds. The number of carboxylic acid groups (broad SMARTS) is 1. The lowest BCUT2D eigenvalue weighted by Crippen LogP contribution is -2.01. The van der Waals surface area contributed by atoms with E-state index in [9.17, 15) is 9.90 Å². The number of ether oxygens (including phenoxy) is 1. The molecular formula is C14H13NO3S. The molecule has 1 heterocycles. The van der Waals surface area contributed by atoms with Crippen molar-refractivity contribution in [3.63, 3.8) is 0 Å². The molecule has 4 nitrogen and oxygen atoms in total. The summed E-state index contributed by atoms with van der Waals surface area (Å²) in [5.74, 6) is -0.355. The van der Waals surface area contributed by atoms with Crippen LogP contribution in [-0.4, -0.2) is 29.4 Å². The minimum absolute atomic E-state index is 0.166. The van der Waals surface area contributed by atoms with Gasteiger partial charge in [0.25, 0.3) is 0 Å². The molecule has 1 N–H and O–H groups in total. The maximum atomic E-state index is 11.3. The third-order valence-corrected chi connectivity index (χ3v) is 3.47. The van der Waals surface area contributed by atoms with Gasteiger partial charge in [-0.25, -0.2) is 4.79 Å². The summed E-state index contributed by atoms with van der Waals surface area (Å²) in [6.07, 6.45) is 4.89. The summed E-state index contributed by atoms with van der Waals surface area (Å²) >= 11 is 1.59. The summed E-state index contributed by atoms with van der Waals surface area (Å²) in [4.78, 5) is 16.2. The van der Waals surface area contributed by atoms with E-state index in [4.69, 9.17) is 4.74 Å². The minimum atomic E-state index is -1.00. The van der Waals surface area contributed by atoms with E-state index in [1.165, 1.54) is 6.20 Å². The number of pyridine rings is 1. The molecule has 0 atom stereocenters. The Morgan fingerprint density at radius 3 is 2.74 bits per heavy atom. The van der Waals surface area contributed by atoms with Crippen molar-refractivity contribution in [1.29, 1.82) is 0 Å². The topological polar surface area (TPSA) is 59.4 Å². The molecule has 5 heteroatoms. The average molecular weight is 275 g/mol. The highest BCUT2D eigenvalue weighted by molar-refractivity contribution is 7.98. The first kappa shape index (κ1) is 13.4. The predicted molar refractivity (Wildman–Crippen MR) is 75.0 cm³/mol. The van der Waals surface area contributed by atoms with Crippen LogP contribution >= 0.6 is 11.8 Å². The Labute approximate surface area is 115 Å². The van der Waals surface area contributed by atoms with Crippen LogP contribution in [0.5, 0.6) is 5.75 Å². The van der Waals surface area contributed by atoms with Crippen molar-refractivity contribution in [2.45, 2.75) is 4.90 Å². The first-order chi connectivity index (χ1) is 9.17. The summed E-state index contributed by atoms with van der Waals surface area (Å²) in [6.45, 7) is 0. The van der Waals surface area contributed by atoms with Gasteiger partial charge < -0.3 is 9.84 Å². The number of thioether (sulfide) groups is 1. The Balaban J connectivity index is 2.66. The van der Waals surface area contributed by atoms with Crippen molar-refractivity contribution < 1.29 is 14.6 Å². The monoisotopic (exact) mass is 275 g/mol. The zero-order valence-corrected chi connectivity index (χ0v) is 11.4. The number of benzene rings is 1. The fraction of sp³-hybridized carbons (Fsp3) is 0.143. The highest BCUT2D eigenvalue weighted by Gasteiger charge is 2.15. The number of nitrogens with zero attached hydrogens (tertiary/aromatic N) is 1. The molecule has 2 rings (SSSR count). The van der Waals surface area contributed by atoms with Crippen LogP contribution in [-0.2, 0) is 0 Å². The number of rotatable bonds is 4. The van der Waals surface area contributed by atoms with Crippen molar-refractivity contribution in [3.05, 3.63) is 42.2 Å². The van der Waals surface area contributed by atoms with Gasteiger partial charge >= 0.3 is 5.97 Å². The third-order valence-electron chi connectivity index (χ3n) is 2.75. The van der Waals surface area contributed by atoms with Gasteiger partial charge in [-0.3, -0.25) is 4.98 Å². The molecule has 0 unspecified atom stereocenters. The maximum Gasteiger partial charge on any atom is 0.337 e. The van der Waals surface area contributed by atoms with Crippen LogP contribution in [0.15, 0.2) is 41.6 Å². The van der Waals surface area contributed by atoms with Gasteiger partial charge in [0.2, 0.25) is 0 Å². The van der Waals surface area contributed by atoms with Crippen LogP contribution in [0.2, 0.25) is 0 Å². The van der Waals surface area contributed by atoms with Crippen molar-refractivity contribution in [2.24, 2.45) is 0 Å². The number of hydrogen-bond donors (Lipinski definition) is 1. The number of aromatic nitrogens is 1. The van der Waals surface area contributed by atoms with Crippen molar-refractivity contribution in [1.82, 2.24) is 4.98 Å². The molecule has 1 aromatic heterocycles. The van der Waals surface area contributed by atoms with Crippen molar-refractivity contribution in [2.75, 3.05) is 13.4 Å². The Kier molecular flexibility index (Phi) is 4.06. The van der Waals surface area contributed by atoms with Crippen LogP contribution in [0.25, 0.3) is 11.1 Å².